The molecule has 56 heavy (non-hydrogen) atoms. The molecule has 7 aromatic rings. The summed E-state index contributed by atoms with van der Waals surface area (Å²) in [6.45, 7) is 10.3. The van der Waals surface area contributed by atoms with Crippen LogP contribution in [0.5, 0.6) is 5.75 Å². The summed E-state index contributed by atoms with van der Waals surface area (Å²) in [7, 11) is 0. The molecule has 0 unspecified atom stereocenters. The van der Waals surface area contributed by atoms with Gasteiger partial charge in [0.15, 0.2) is 20.5 Å². The van der Waals surface area contributed by atoms with Crippen molar-refractivity contribution in [2.45, 2.75) is 65.1 Å². The van der Waals surface area contributed by atoms with Gasteiger partial charge in [-0.3, -0.25) is 0 Å². The summed E-state index contributed by atoms with van der Waals surface area (Å²) in [4.78, 5) is 24.9. The Morgan fingerprint density at radius 2 is 1.02 bits per heavy atom. The summed E-state index contributed by atoms with van der Waals surface area (Å²) < 4.78 is 0. The van der Waals surface area contributed by atoms with Crippen molar-refractivity contribution in [2.75, 3.05) is 40.1 Å². The van der Waals surface area contributed by atoms with Gasteiger partial charge in [0.25, 0.3) is 0 Å². The Morgan fingerprint density at radius 3 is 1.55 bits per heavy atom. The zero-order chi connectivity index (χ0) is 38.9. The molecule has 7 rings (SSSR count). The summed E-state index contributed by atoms with van der Waals surface area (Å²) in [6.07, 6.45) is 2.38. The molecule has 13 heteroatoms. The molecule has 0 fully saturated rings. The number of hydrogen-bond donors (Lipinski definition) is 3. The highest BCUT2D eigenvalue weighted by Gasteiger charge is 2.32. The first-order valence-electron chi connectivity index (χ1n) is 18.8. The highest BCUT2D eigenvalue weighted by atomic mass is 32.1. The molecule has 0 bridgehead atoms. The van der Waals surface area contributed by atoms with Crippen LogP contribution >= 0.6 is 45.3 Å². The average molecular weight is 821 g/mol. The lowest BCUT2D eigenvalue weighted by Crippen LogP contribution is -2.53. The van der Waals surface area contributed by atoms with Gasteiger partial charge in [0, 0.05) is 47.2 Å². The fourth-order valence-electron chi connectivity index (χ4n) is 6.83. The zero-order valence-electron chi connectivity index (χ0n) is 32.1. The van der Waals surface area contributed by atoms with E-state index in [1.54, 1.807) is 57.5 Å². The Balaban J connectivity index is 1.30. The Labute approximate surface area is 345 Å². The number of aromatic nitrogens is 4. The SMILES string of the molecule is Cc1csc(NC[C@H](Cc2ccc(O)cc2)N(C[C@H](Cc2ccccc2)N(C[C@H](Cc2ccccc2)Nc2nc(C)cs2)c2nc(C)cs2)c2nc(C)cs2)n1. The lowest BCUT2D eigenvalue weighted by molar-refractivity contribution is 0.474. The number of phenolic OH excluding ortho intramolecular Hbond substituents is 1. The number of phenols is 1. The van der Waals surface area contributed by atoms with Crippen molar-refractivity contribution in [3.63, 3.8) is 0 Å². The molecular formula is C43H48N8OS4. The number of thiazole rings is 4. The van der Waals surface area contributed by atoms with Crippen molar-refractivity contribution >= 4 is 65.9 Å². The Kier molecular flexibility index (Phi) is 13.3. The maximum Gasteiger partial charge on any atom is 0.185 e. The first-order chi connectivity index (χ1) is 27.2. The van der Waals surface area contributed by atoms with Crippen molar-refractivity contribution in [1.82, 2.24) is 19.9 Å². The van der Waals surface area contributed by atoms with Crippen molar-refractivity contribution in [3.8, 4) is 5.75 Å². The van der Waals surface area contributed by atoms with Crippen LogP contribution in [0, 0.1) is 27.7 Å². The van der Waals surface area contributed by atoms with Crippen LogP contribution in [0.2, 0.25) is 0 Å². The zero-order valence-corrected chi connectivity index (χ0v) is 35.4. The maximum absolute atomic E-state index is 10.2. The molecule has 0 spiro atoms. The predicted molar refractivity (Wildman–Crippen MR) is 238 cm³/mol. The number of hydrogen-bond acceptors (Lipinski definition) is 13. The molecule has 3 atom stereocenters. The van der Waals surface area contributed by atoms with Crippen LogP contribution in [0.15, 0.2) is 106 Å². The fraction of sp³-hybridized carbons (Fsp3) is 0.302. The van der Waals surface area contributed by atoms with E-state index < -0.39 is 0 Å². The van der Waals surface area contributed by atoms with Crippen molar-refractivity contribution < 1.29 is 5.11 Å². The van der Waals surface area contributed by atoms with Gasteiger partial charge in [0.05, 0.1) is 34.9 Å². The lowest BCUT2D eigenvalue weighted by atomic mass is 9.99. The quantitative estimate of drug-likeness (QED) is 0.0736. The Morgan fingerprint density at radius 1 is 0.536 bits per heavy atom. The second-order valence-electron chi connectivity index (χ2n) is 14.2. The van der Waals surface area contributed by atoms with Crippen molar-refractivity contribution in [2.24, 2.45) is 0 Å². The van der Waals surface area contributed by atoms with E-state index in [1.807, 2.05) is 26.0 Å². The minimum atomic E-state index is 0.00369. The predicted octanol–water partition coefficient (Wildman–Crippen LogP) is 9.82. The van der Waals surface area contributed by atoms with Gasteiger partial charge < -0.3 is 25.5 Å². The van der Waals surface area contributed by atoms with E-state index in [4.69, 9.17) is 19.9 Å². The molecule has 0 saturated carbocycles. The van der Waals surface area contributed by atoms with Gasteiger partial charge in [-0.05, 0) is 75.8 Å². The average Bonchev–Trinajstić information content (AvgIpc) is 4.02. The number of benzene rings is 3. The van der Waals surface area contributed by atoms with Crippen LogP contribution in [0.1, 0.15) is 39.5 Å². The lowest BCUT2D eigenvalue weighted by Gasteiger charge is -2.40. The van der Waals surface area contributed by atoms with Gasteiger partial charge in [0.2, 0.25) is 0 Å². The van der Waals surface area contributed by atoms with E-state index in [0.29, 0.717) is 19.6 Å². The molecule has 0 amide bonds. The largest absolute Gasteiger partial charge is 0.508 e. The summed E-state index contributed by atoms with van der Waals surface area (Å²) in [6, 6.07) is 29.2. The molecule has 0 saturated heterocycles. The van der Waals surface area contributed by atoms with E-state index in [9.17, 15) is 5.11 Å². The van der Waals surface area contributed by atoms with Crippen LogP contribution in [-0.4, -0.2) is 62.8 Å². The van der Waals surface area contributed by atoms with E-state index in [-0.39, 0.29) is 23.9 Å². The van der Waals surface area contributed by atoms with Crippen molar-refractivity contribution in [3.05, 3.63) is 146 Å². The Hall–Kier alpha value is -4.82. The van der Waals surface area contributed by atoms with E-state index >= 15 is 0 Å². The minimum absolute atomic E-state index is 0.00369. The third kappa shape index (κ3) is 10.9. The molecular weight excluding hydrogens is 773 g/mol. The second-order valence-corrected chi connectivity index (χ2v) is 17.6. The first-order valence-corrected chi connectivity index (χ1v) is 22.3. The third-order valence-corrected chi connectivity index (χ3v) is 13.3. The van der Waals surface area contributed by atoms with Gasteiger partial charge in [-0.2, -0.15) is 0 Å². The molecule has 9 nitrogen and oxygen atoms in total. The molecule has 290 valence electrons. The number of rotatable bonds is 19. The highest BCUT2D eigenvalue weighted by molar-refractivity contribution is 7.14. The van der Waals surface area contributed by atoms with Crippen LogP contribution in [-0.2, 0) is 19.3 Å². The summed E-state index contributed by atoms with van der Waals surface area (Å²) >= 11 is 6.67. The standard InChI is InChI=1S/C43H48N8OS4/c1-29-25-53-40(45-29)44-22-37(20-35-15-17-39(52)18-16-35)51(43-48-32(4)28-56-43)24-38(21-34-13-9-6-10-14-34)50(42-47-31(3)27-55-42)23-36(19-33-11-7-5-8-12-33)49-41-46-30(2)26-54-41/h5-18,25-28,36-38,52H,19-24H2,1-4H3,(H,44,45)(H,46,49)/t36-,37-,38-/m0/s1. The van der Waals surface area contributed by atoms with Gasteiger partial charge in [-0.15, -0.1) is 45.3 Å². The first kappa shape index (κ1) is 39.4. The van der Waals surface area contributed by atoms with E-state index in [0.717, 1.165) is 68.1 Å². The molecule has 0 aliphatic carbocycles. The second kappa shape index (κ2) is 18.9. The van der Waals surface area contributed by atoms with Crippen LogP contribution in [0.25, 0.3) is 0 Å². The van der Waals surface area contributed by atoms with E-state index in [1.165, 1.54) is 11.1 Å². The number of anilines is 4. The van der Waals surface area contributed by atoms with Crippen LogP contribution in [0.3, 0.4) is 0 Å². The smallest absolute Gasteiger partial charge is 0.185 e. The topological polar surface area (TPSA) is 102 Å². The number of aryl methyl sites for hydroxylation is 4. The Bertz CT molecular complexity index is 2230. The number of nitrogens with zero attached hydrogens (tertiary/aromatic N) is 6. The molecule has 4 aromatic heterocycles. The number of aromatic hydroxyl groups is 1. The van der Waals surface area contributed by atoms with Gasteiger partial charge in [-0.25, -0.2) is 19.9 Å². The maximum atomic E-state index is 10.2. The highest BCUT2D eigenvalue weighted by Crippen LogP contribution is 2.31. The molecule has 0 aliphatic rings. The molecule has 0 radical (unpaired) electrons. The fourth-order valence-corrected chi connectivity index (χ4v) is 10.1. The minimum Gasteiger partial charge on any atom is -0.508 e. The summed E-state index contributed by atoms with van der Waals surface area (Å²) in [5, 5.41) is 30.0. The van der Waals surface area contributed by atoms with Crippen molar-refractivity contribution in [1.29, 1.82) is 0 Å². The summed E-state index contributed by atoms with van der Waals surface area (Å²) in [5.74, 6) is 0.262. The monoisotopic (exact) mass is 820 g/mol. The van der Waals surface area contributed by atoms with Crippen LogP contribution in [0.4, 0.5) is 20.5 Å². The van der Waals surface area contributed by atoms with E-state index in [2.05, 4.69) is 116 Å². The third-order valence-electron chi connectivity index (χ3n) is 9.51. The summed E-state index contributed by atoms with van der Waals surface area (Å²) in [5.41, 5.74) is 7.70. The normalized spacial score (nSPS) is 12.9. The molecule has 3 N–H and O–H groups in total. The molecule has 0 aliphatic heterocycles. The van der Waals surface area contributed by atoms with Crippen LogP contribution < -0.4 is 20.4 Å². The van der Waals surface area contributed by atoms with Gasteiger partial charge >= 0.3 is 0 Å². The number of nitrogens with one attached hydrogen (secondary N) is 2. The molecule has 4 heterocycles. The van der Waals surface area contributed by atoms with Gasteiger partial charge in [-0.1, -0.05) is 72.8 Å². The van der Waals surface area contributed by atoms with Gasteiger partial charge in [0.1, 0.15) is 5.75 Å². The molecule has 3 aromatic carbocycles.